The summed E-state index contributed by atoms with van der Waals surface area (Å²) in [6.45, 7) is 0. The number of hydrogen-bond acceptors (Lipinski definition) is 2. The zero-order chi connectivity index (χ0) is 11.8. The van der Waals surface area contributed by atoms with E-state index in [1.807, 2.05) is 30.3 Å². The summed E-state index contributed by atoms with van der Waals surface area (Å²) in [5, 5.41) is 0. The van der Waals surface area contributed by atoms with Crippen molar-refractivity contribution in [3.05, 3.63) is 49.6 Å². The summed E-state index contributed by atoms with van der Waals surface area (Å²) >= 11 is 4.56. The number of fused-ring (bicyclic) bond motifs is 1. The third kappa shape index (κ3) is 2.33. The molecule has 17 heavy (non-hydrogen) atoms. The van der Waals surface area contributed by atoms with Gasteiger partial charge in [0.2, 0.25) is 5.89 Å². The second-order valence-corrected chi connectivity index (χ2v) is 6.13. The summed E-state index contributed by atoms with van der Waals surface area (Å²) in [5.74, 6) is 0.679. The van der Waals surface area contributed by atoms with Crippen LogP contribution in [0.1, 0.15) is 0 Å². The van der Waals surface area contributed by atoms with Crippen molar-refractivity contribution in [3.63, 3.8) is 0 Å². The molecule has 3 aromatic rings. The Morgan fingerprint density at radius 1 is 0.882 bits per heavy atom. The van der Waals surface area contributed by atoms with Gasteiger partial charge in [-0.3, -0.25) is 0 Å². The third-order valence-corrected chi connectivity index (χ3v) is 3.83. The largest absolute Gasteiger partial charge is 0.436 e. The highest BCUT2D eigenvalue weighted by molar-refractivity contribution is 14.1. The van der Waals surface area contributed by atoms with Crippen LogP contribution >= 0.6 is 45.2 Å². The molecule has 0 saturated heterocycles. The van der Waals surface area contributed by atoms with E-state index in [0.717, 1.165) is 20.2 Å². The molecule has 4 heteroatoms. The minimum absolute atomic E-state index is 0.679. The molecule has 0 saturated carbocycles. The van der Waals surface area contributed by atoms with E-state index in [-0.39, 0.29) is 0 Å². The minimum Gasteiger partial charge on any atom is -0.436 e. The molecule has 2 nitrogen and oxygen atoms in total. The Bertz CT molecular complexity index is 673. The van der Waals surface area contributed by atoms with Crippen LogP contribution in [-0.4, -0.2) is 4.98 Å². The fourth-order valence-electron chi connectivity index (χ4n) is 1.62. The lowest BCUT2D eigenvalue weighted by Gasteiger charge is -1.94. The lowest BCUT2D eigenvalue weighted by atomic mass is 10.2. The van der Waals surface area contributed by atoms with E-state index in [9.17, 15) is 0 Å². The molecule has 0 aliphatic heterocycles. The van der Waals surface area contributed by atoms with E-state index in [1.165, 1.54) is 3.57 Å². The van der Waals surface area contributed by atoms with Crippen molar-refractivity contribution in [1.82, 2.24) is 4.98 Å². The number of nitrogens with zero attached hydrogens (tertiary/aromatic N) is 1. The summed E-state index contributed by atoms with van der Waals surface area (Å²) in [6.07, 6.45) is 0. The number of hydrogen-bond donors (Lipinski definition) is 0. The van der Waals surface area contributed by atoms with Gasteiger partial charge in [0, 0.05) is 12.7 Å². The smallest absolute Gasteiger partial charge is 0.227 e. The van der Waals surface area contributed by atoms with Gasteiger partial charge in [-0.15, -0.1) is 0 Å². The first-order chi connectivity index (χ1) is 8.22. The molecule has 3 rings (SSSR count). The predicted octanol–water partition coefficient (Wildman–Crippen LogP) is 4.70. The molecule has 0 unspecified atom stereocenters. The maximum Gasteiger partial charge on any atom is 0.227 e. The van der Waals surface area contributed by atoms with Crippen molar-refractivity contribution in [3.8, 4) is 11.5 Å². The van der Waals surface area contributed by atoms with Gasteiger partial charge in [-0.2, -0.15) is 0 Å². The molecular weight excluding hydrogens is 440 g/mol. The molecule has 0 amide bonds. The Balaban J connectivity index is 2.14. The number of oxazole rings is 1. The second kappa shape index (κ2) is 4.56. The molecule has 0 bridgehead atoms. The molecule has 0 spiro atoms. The van der Waals surface area contributed by atoms with E-state index < -0.39 is 0 Å². The monoisotopic (exact) mass is 447 g/mol. The highest BCUT2D eigenvalue weighted by Gasteiger charge is 2.07. The topological polar surface area (TPSA) is 26.0 Å². The van der Waals surface area contributed by atoms with Crippen LogP contribution in [0.4, 0.5) is 0 Å². The van der Waals surface area contributed by atoms with Crippen molar-refractivity contribution >= 4 is 56.3 Å². The van der Waals surface area contributed by atoms with Gasteiger partial charge < -0.3 is 4.42 Å². The first-order valence-electron chi connectivity index (χ1n) is 5.04. The lowest BCUT2D eigenvalue weighted by Crippen LogP contribution is -1.77. The highest BCUT2D eigenvalue weighted by atomic mass is 127. The summed E-state index contributed by atoms with van der Waals surface area (Å²) < 4.78 is 8.10. The maximum atomic E-state index is 5.73. The zero-order valence-electron chi connectivity index (χ0n) is 8.65. The van der Waals surface area contributed by atoms with Crippen LogP contribution in [0, 0.1) is 7.14 Å². The summed E-state index contributed by atoms with van der Waals surface area (Å²) in [6, 6.07) is 14.2. The predicted molar refractivity (Wildman–Crippen MR) is 84.9 cm³/mol. The van der Waals surface area contributed by atoms with Crippen molar-refractivity contribution in [1.29, 1.82) is 0 Å². The van der Waals surface area contributed by atoms with Gasteiger partial charge >= 0.3 is 0 Å². The van der Waals surface area contributed by atoms with Crippen LogP contribution in [0.3, 0.4) is 0 Å². The molecule has 0 atom stereocenters. The Morgan fingerprint density at radius 2 is 1.59 bits per heavy atom. The Labute approximate surface area is 126 Å². The van der Waals surface area contributed by atoms with E-state index >= 15 is 0 Å². The Morgan fingerprint density at radius 3 is 2.35 bits per heavy atom. The van der Waals surface area contributed by atoms with Crippen molar-refractivity contribution in [2.45, 2.75) is 0 Å². The van der Waals surface area contributed by atoms with Gasteiger partial charge in [-0.1, -0.05) is 0 Å². The van der Waals surface area contributed by atoms with Gasteiger partial charge in [0.1, 0.15) is 5.52 Å². The van der Waals surface area contributed by atoms with Crippen LogP contribution in [0.25, 0.3) is 22.6 Å². The van der Waals surface area contributed by atoms with E-state index in [1.54, 1.807) is 0 Å². The minimum atomic E-state index is 0.679. The Hall–Kier alpha value is -0.630. The molecule has 84 valence electrons. The lowest BCUT2D eigenvalue weighted by molar-refractivity contribution is 0.620. The fraction of sp³-hybridized carbons (Fsp3) is 0. The number of halogens is 2. The van der Waals surface area contributed by atoms with Crippen LogP contribution in [0.15, 0.2) is 46.9 Å². The van der Waals surface area contributed by atoms with Gasteiger partial charge in [0.05, 0.1) is 0 Å². The summed E-state index contributed by atoms with van der Waals surface area (Å²) in [5.41, 5.74) is 2.75. The zero-order valence-corrected chi connectivity index (χ0v) is 13.0. The number of benzene rings is 2. The molecule has 0 radical (unpaired) electrons. The van der Waals surface area contributed by atoms with Crippen molar-refractivity contribution < 1.29 is 4.42 Å². The molecule has 2 aromatic carbocycles. The number of aromatic nitrogens is 1. The van der Waals surface area contributed by atoms with Crippen LogP contribution in [-0.2, 0) is 0 Å². The average molecular weight is 447 g/mol. The molecule has 0 aliphatic carbocycles. The average Bonchev–Trinajstić information content (AvgIpc) is 2.72. The molecule has 1 heterocycles. The van der Waals surface area contributed by atoms with Crippen LogP contribution < -0.4 is 0 Å². The van der Waals surface area contributed by atoms with Gasteiger partial charge in [0.25, 0.3) is 0 Å². The van der Waals surface area contributed by atoms with Crippen LogP contribution in [0.2, 0.25) is 0 Å². The van der Waals surface area contributed by atoms with Gasteiger partial charge in [-0.05, 0) is 87.6 Å². The third-order valence-electron chi connectivity index (χ3n) is 2.44. The van der Waals surface area contributed by atoms with E-state index in [2.05, 4.69) is 62.3 Å². The molecule has 0 N–H and O–H groups in total. The SMILES string of the molecule is Ic1ccc(-c2nc3cc(I)ccc3o2)cc1. The Kier molecular flexibility index (Phi) is 3.08. The normalized spacial score (nSPS) is 10.9. The van der Waals surface area contributed by atoms with E-state index in [4.69, 9.17) is 4.42 Å². The quantitative estimate of drug-likeness (QED) is 0.506. The molecule has 0 aliphatic rings. The molecule has 1 aromatic heterocycles. The first-order valence-corrected chi connectivity index (χ1v) is 7.20. The van der Waals surface area contributed by atoms with E-state index in [0.29, 0.717) is 5.89 Å². The molecular formula is C13H7I2NO. The first kappa shape index (κ1) is 11.5. The second-order valence-electron chi connectivity index (χ2n) is 3.64. The van der Waals surface area contributed by atoms with Crippen LogP contribution in [0.5, 0.6) is 0 Å². The van der Waals surface area contributed by atoms with Gasteiger partial charge in [-0.25, -0.2) is 4.98 Å². The van der Waals surface area contributed by atoms with Crippen molar-refractivity contribution in [2.24, 2.45) is 0 Å². The summed E-state index contributed by atoms with van der Waals surface area (Å²) in [4.78, 5) is 4.50. The fourth-order valence-corrected chi connectivity index (χ4v) is 2.45. The maximum absolute atomic E-state index is 5.73. The van der Waals surface area contributed by atoms with Crippen molar-refractivity contribution in [2.75, 3.05) is 0 Å². The highest BCUT2D eigenvalue weighted by Crippen LogP contribution is 2.25. The molecule has 0 fully saturated rings. The number of rotatable bonds is 1. The summed E-state index contributed by atoms with van der Waals surface area (Å²) in [7, 11) is 0. The van der Waals surface area contributed by atoms with Gasteiger partial charge in [0.15, 0.2) is 5.58 Å². The standard InChI is InChI=1S/C13H7I2NO/c14-9-3-1-8(2-4-9)13-16-11-7-10(15)5-6-12(11)17-13/h1-7H.